The molecule has 0 saturated heterocycles. The first-order valence-corrected chi connectivity index (χ1v) is 4.82. The van der Waals surface area contributed by atoms with E-state index in [4.69, 9.17) is 34.8 Å². The van der Waals surface area contributed by atoms with Gasteiger partial charge in [-0.1, -0.05) is 34.8 Å². The van der Waals surface area contributed by atoms with Gasteiger partial charge in [0, 0.05) is 6.07 Å². The average Bonchev–Trinajstić information content (AvgIpc) is 2.21. The predicted octanol–water partition coefficient (Wildman–Crippen LogP) is 3.53. The number of rotatable bonds is 1. The van der Waals surface area contributed by atoms with Crippen molar-refractivity contribution >= 4 is 46.6 Å². The lowest BCUT2D eigenvalue weighted by Gasteiger charge is -2.10. The number of amides is 1. The van der Waals surface area contributed by atoms with E-state index in [0.29, 0.717) is 0 Å². The Morgan fingerprint density at radius 2 is 2.00 bits per heavy atom. The standard InChI is InChI=1S/C8H6Cl3NO3/c1-15-8(14)12-7-4(13)2-3(9)5(10)6(7)11/h2,13H,1H3,(H,12,14). The van der Waals surface area contributed by atoms with Gasteiger partial charge in [-0.3, -0.25) is 5.32 Å². The zero-order valence-corrected chi connectivity index (χ0v) is 9.74. The average molecular weight is 270 g/mol. The molecule has 0 fully saturated rings. The molecule has 0 aliphatic carbocycles. The number of carbonyl (C=O) groups is 1. The number of carbonyl (C=O) groups excluding carboxylic acids is 1. The van der Waals surface area contributed by atoms with Gasteiger partial charge in [0.1, 0.15) is 11.4 Å². The number of phenols is 1. The molecule has 4 nitrogen and oxygen atoms in total. The molecule has 0 aliphatic heterocycles. The molecule has 0 bridgehead atoms. The normalized spacial score (nSPS) is 9.87. The van der Waals surface area contributed by atoms with Crippen molar-refractivity contribution in [2.75, 3.05) is 12.4 Å². The van der Waals surface area contributed by atoms with Crippen LogP contribution in [0.25, 0.3) is 0 Å². The zero-order valence-electron chi connectivity index (χ0n) is 7.47. The van der Waals surface area contributed by atoms with E-state index in [2.05, 4.69) is 10.1 Å². The lowest BCUT2D eigenvalue weighted by Crippen LogP contribution is -2.11. The maximum absolute atomic E-state index is 10.9. The Bertz CT molecular complexity index is 409. The van der Waals surface area contributed by atoms with Gasteiger partial charge < -0.3 is 9.84 Å². The molecule has 1 aromatic rings. The molecule has 0 atom stereocenters. The van der Waals surface area contributed by atoms with Crippen molar-refractivity contribution < 1.29 is 14.6 Å². The Kier molecular flexibility index (Phi) is 3.90. The quantitative estimate of drug-likeness (QED) is 0.606. The highest BCUT2D eigenvalue weighted by Gasteiger charge is 2.16. The summed E-state index contributed by atoms with van der Waals surface area (Å²) >= 11 is 17.1. The second kappa shape index (κ2) is 4.79. The van der Waals surface area contributed by atoms with Gasteiger partial charge in [0.05, 0.1) is 22.2 Å². The van der Waals surface area contributed by atoms with Crippen LogP contribution in [0.4, 0.5) is 10.5 Å². The first-order chi connectivity index (χ1) is 6.97. The fourth-order valence-electron chi connectivity index (χ4n) is 0.855. The highest BCUT2D eigenvalue weighted by atomic mass is 35.5. The SMILES string of the molecule is COC(=O)Nc1c(O)cc(Cl)c(Cl)c1Cl. The van der Waals surface area contributed by atoms with E-state index in [-0.39, 0.29) is 26.5 Å². The lowest BCUT2D eigenvalue weighted by molar-refractivity contribution is 0.187. The number of phenolic OH excluding ortho intramolecular Hbond substituents is 1. The summed E-state index contributed by atoms with van der Waals surface area (Å²) in [7, 11) is 1.18. The Labute approximate surface area is 101 Å². The third-order valence-corrected chi connectivity index (χ3v) is 2.82. The summed E-state index contributed by atoms with van der Waals surface area (Å²) < 4.78 is 4.34. The first-order valence-electron chi connectivity index (χ1n) is 3.68. The number of anilines is 1. The van der Waals surface area contributed by atoms with Crippen molar-refractivity contribution in [3.05, 3.63) is 21.1 Å². The molecule has 0 saturated carbocycles. The molecular weight excluding hydrogens is 264 g/mol. The van der Waals surface area contributed by atoms with Crippen LogP contribution in [-0.4, -0.2) is 18.3 Å². The number of ether oxygens (including phenoxy) is 1. The van der Waals surface area contributed by atoms with Crippen molar-refractivity contribution in [2.45, 2.75) is 0 Å². The highest BCUT2D eigenvalue weighted by molar-refractivity contribution is 6.49. The number of halogens is 3. The van der Waals surface area contributed by atoms with Gasteiger partial charge in [0.15, 0.2) is 0 Å². The monoisotopic (exact) mass is 269 g/mol. The van der Waals surface area contributed by atoms with Crippen LogP contribution < -0.4 is 5.32 Å². The largest absolute Gasteiger partial charge is 0.506 e. The van der Waals surface area contributed by atoms with Crippen LogP contribution in [0.2, 0.25) is 15.1 Å². The minimum Gasteiger partial charge on any atom is -0.506 e. The Hall–Kier alpha value is -0.840. The number of nitrogens with one attached hydrogen (secondary N) is 1. The van der Waals surface area contributed by atoms with Gasteiger partial charge in [0.2, 0.25) is 0 Å². The molecule has 0 radical (unpaired) electrons. The van der Waals surface area contributed by atoms with Gasteiger partial charge in [-0.25, -0.2) is 4.79 Å². The molecule has 1 amide bonds. The molecule has 82 valence electrons. The van der Waals surface area contributed by atoms with Gasteiger partial charge in [-0.2, -0.15) is 0 Å². The van der Waals surface area contributed by atoms with E-state index in [1.165, 1.54) is 13.2 Å². The second-order valence-corrected chi connectivity index (χ2v) is 3.66. The molecule has 15 heavy (non-hydrogen) atoms. The zero-order chi connectivity index (χ0) is 11.6. The molecular formula is C8H6Cl3NO3. The number of hydrogen-bond acceptors (Lipinski definition) is 3. The van der Waals surface area contributed by atoms with Crippen LogP contribution in [0.1, 0.15) is 0 Å². The molecule has 0 spiro atoms. The van der Waals surface area contributed by atoms with Crippen LogP contribution in [-0.2, 0) is 4.74 Å². The summed E-state index contributed by atoms with van der Waals surface area (Å²) in [6, 6.07) is 1.17. The summed E-state index contributed by atoms with van der Waals surface area (Å²) in [5.74, 6) is -0.292. The van der Waals surface area contributed by atoms with Crippen molar-refractivity contribution in [1.29, 1.82) is 0 Å². The predicted molar refractivity (Wildman–Crippen MR) is 59.2 cm³/mol. The number of benzene rings is 1. The van der Waals surface area contributed by atoms with Gasteiger partial charge in [-0.05, 0) is 0 Å². The fourth-order valence-corrected chi connectivity index (χ4v) is 1.50. The number of hydrogen-bond donors (Lipinski definition) is 2. The van der Waals surface area contributed by atoms with Crippen LogP contribution >= 0.6 is 34.8 Å². The summed E-state index contributed by atoms with van der Waals surface area (Å²) in [5, 5.41) is 11.7. The minimum atomic E-state index is -0.773. The Morgan fingerprint density at radius 1 is 1.40 bits per heavy atom. The van der Waals surface area contributed by atoms with Crippen LogP contribution in [0.3, 0.4) is 0 Å². The number of methoxy groups -OCH3 is 1. The van der Waals surface area contributed by atoms with E-state index in [1.807, 2.05) is 0 Å². The second-order valence-electron chi connectivity index (χ2n) is 2.50. The molecule has 0 heterocycles. The van der Waals surface area contributed by atoms with Gasteiger partial charge in [0.25, 0.3) is 0 Å². The van der Waals surface area contributed by atoms with Crippen LogP contribution in [0, 0.1) is 0 Å². The minimum absolute atomic E-state index is 0.0436. The van der Waals surface area contributed by atoms with E-state index in [0.717, 1.165) is 0 Å². The molecule has 0 aromatic heterocycles. The van der Waals surface area contributed by atoms with E-state index in [1.54, 1.807) is 0 Å². The molecule has 1 rings (SSSR count). The van der Waals surface area contributed by atoms with E-state index < -0.39 is 6.09 Å². The molecule has 7 heteroatoms. The summed E-state index contributed by atoms with van der Waals surface area (Å²) in [6.45, 7) is 0. The topological polar surface area (TPSA) is 58.6 Å². The highest BCUT2D eigenvalue weighted by Crippen LogP contribution is 2.41. The van der Waals surface area contributed by atoms with Crippen LogP contribution in [0.15, 0.2) is 6.07 Å². The molecule has 2 N–H and O–H groups in total. The molecule has 1 aromatic carbocycles. The third kappa shape index (κ3) is 2.59. The van der Waals surface area contributed by atoms with Crippen molar-refractivity contribution in [3.8, 4) is 5.75 Å². The number of aromatic hydroxyl groups is 1. The van der Waals surface area contributed by atoms with Crippen molar-refractivity contribution in [3.63, 3.8) is 0 Å². The van der Waals surface area contributed by atoms with Crippen molar-refractivity contribution in [2.24, 2.45) is 0 Å². The summed E-state index contributed by atoms with van der Waals surface area (Å²) in [5.41, 5.74) is -0.0436. The van der Waals surface area contributed by atoms with E-state index >= 15 is 0 Å². The molecule has 0 unspecified atom stereocenters. The maximum atomic E-state index is 10.9. The first kappa shape index (κ1) is 12.2. The molecule has 0 aliphatic rings. The van der Waals surface area contributed by atoms with Gasteiger partial charge in [-0.15, -0.1) is 0 Å². The Balaban J connectivity index is 3.18. The third-order valence-electron chi connectivity index (χ3n) is 1.55. The van der Waals surface area contributed by atoms with Crippen molar-refractivity contribution in [1.82, 2.24) is 0 Å². The Morgan fingerprint density at radius 3 is 2.53 bits per heavy atom. The van der Waals surface area contributed by atoms with Gasteiger partial charge >= 0.3 is 6.09 Å². The van der Waals surface area contributed by atoms with Crippen LogP contribution in [0.5, 0.6) is 5.75 Å². The summed E-state index contributed by atoms with van der Waals surface area (Å²) in [4.78, 5) is 10.9. The summed E-state index contributed by atoms with van der Waals surface area (Å²) in [6.07, 6.45) is -0.773. The maximum Gasteiger partial charge on any atom is 0.411 e. The van der Waals surface area contributed by atoms with E-state index in [9.17, 15) is 9.90 Å². The fraction of sp³-hybridized carbons (Fsp3) is 0.125. The smallest absolute Gasteiger partial charge is 0.411 e. The lowest BCUT2D eigenvalue weighted by atomic mass is 10.3.